The zero-order chi connectivity index (χ0) is 30.6. The van der Waals surface area contributed by atoms with E-state index in [1.807, 2.05) is 55.8 Å². The number of rotatable bonds is 5. The number of nitrogens with zero attached hydrogens (tertiary/aromatic N) is 6. The standard InChI is InChI=1S/C30H33Cl2N7O4/c1-30(2,3)43-29(42)38-14-19-11-20(38)13-37(19)24-9-8-18(10-17(24)15-40)34-28-33-12-21-26(35-28)36(4)16-39(27(21)41)25-22(31)6-5-7-23(25)32/h5-10,12,19-20,40H,11,13-16H2,1-4H3,(H,33,34,35)/t19-,20-/m0/s1. The lowest BCUT2D eigenvalue weighted by Gasteiger charge is -2.37. The number of anilines is 5. The van der Waals surface area contributed by atoms with Crippen LogP contribution >= 0.6 is 23.2 Å². The van der Waals surface area contributed by atoms with E-state index in [9.17, 15) is 14.7 Å². The second-order valence-corrected chi connectivity index (χ2v) is 12.8. The third kappa shape index (κ3) is 5.52. The summed E-state index contributed by atoms with van der Waals surface area (Å²) in [6.45, 7) is 6.92. The summed E-state index contributed by atoms with van der Waals surface area (Å²) in [5.41, 5.74) is 2.60. The fraction of sp³-hybridized carbons (Fsp3) is 0.400. The summed E-state index contributed by atoms with van der Waals surface area (Å²) in [6.07, 6.45) is 2.07. The quantitative estimate of drug-likeness (QED) is 0.391. The minimum absolute atomic E-state index is 0.0673. The van der Waals surface area contributed by atoms with Gasteiger partial charge >= 0.3 is 6.09 Å². The maximum atomic E-state index is 13.4. The number of halogens is 2. The van der Waals surface area contributed by atoms with Crippen LogP contribution in [0.2, 0.25) is 10.0 Å². The predicted molar refractivity (Wildman–Crippen MR) is 167 cm³/mol. The van der Waals surface area contributed by atoms with Crippen LogP contribution in [0, 0.1) is 0 Å². The van der Waals surface area contributed by atoms with Gasteiger partial charge in [0, 0.05) is 49.3 Å². The Morgan fingerprint density at radius 1 is 1.14 bits per heavy atom. The molecule has 2 N–H and O–H groups in total. The SMILES string of the molecule is CN1CN(c2c(Cl)cccc2Cl)C(=O)c2cnc(Nc3ccc(N4C[C@@H]5C[C@H]4CN5C(=O)OC(C)(C)C)c(CO)c3)nc21. The largest absolute Gasteiger partial charge is 0.444 e. The van der Waals surface area contributed by atoms with E-state index in [1.54, 1.807) is 18.2 Å². The Bertz CT molecular complexity index is 1580. The molecule has 3 aromatic rings. The average molecular weight is 627 g/mol. The van der Waals surface area contributed by atoms with Gasteiger partial charge in [-0.05, 0) is 57.5 Å². The Kier molecular flexibility index (Phi) is 7.52. The van der Waals surface area contributed by atoms with E-state index in [0.29, 0.717) is 51.8 Å². The number of benzene rings is 2. The van der Waals surface area contributed by atoms with Gasteiger partial charge in [0.15, 0.2) is 0 Å². The number of carbonyl (C=O) groups excluding carboxylic acids is 2. The molecule has 6 rings (SSSR count). The number of amides is 2. The van der Waals surface area contributed by atoms with E-state index in [1.165, 1.54) is 11.1 Å². The fourth-order valence-electron chi connectivity index (χ4n) is 5.99. The lowest BCUT2D eigenvalue weighted by molar-refractivity contribution is 0.0214. The highest BCUT2D eigenvalue weighted by atomic mass is 35.5. The van der Waals surface area contributed by atoms with E-state index >= 15 is 0 Å². The molecule has 3 aliphatic rings. The van der Waals surface area contributed by atoms with E-state index in [2.05, 4.69) is 20.2 Å². The molecule has 2 bridgehead atoms. The number of aliphatic hydroxyl groups excluding tert-OH is 1. The first-order valence-corrected chi connectivity index (χ1v) is 14.8. The van der Waals surface area contributed by atoms with Crippen molar-refractivity contribution in [2.45, 2.75) is 51.5 Å². The Morgan fingerprint density at radius 2 is 1.88 bits per heavy atom. The van der Waals surface area contributed by atoms with Gasteiger partial charge in [0.1, 0.15) is 17.0 Å². The van der Waals surface area contributed by atoms with Crippen LogP contribution in [0.15, 0.2) is 42.6 Å². The van der Waals surface area contributed by atoms with Gasteiger partial charge < -0.3 is 29.9 Å². The second kappa shape index (κ2) is 11.0. The van der Waals surface area contributed by atoms with Crippen molar-refractivity contribution in [2.24, 2.45) is 0 Å². The molecule has 0 saturated carbocycles. The number of hydrogen-bond donors (Lipinski definition) is 2. The van der Waals surface area contributed by atoms with Crippen LogP contribution in [0.25, 0.3) is 0 Å². The van der Waals surface area contributed by atoms with E-state index in [4.69, 9.17) is 27.9 Å². The van der Waals surface area contributed by atoms with Crippen molar-refractivity contribution in [2.75, 3.05) is 46.8 Å². The zero-order valence-electron chi connectivity index (χ0n) is 24.3. The van der Waals surface area contributed by atoms with E-state index in [0.717, 1.165) is 17.7 Å². The molecule has 2 atom stereocenters. The van der Waals surface area contributed by atoms with Gasteiger partial charge in [-0.1, -0.05) is 29.3 Å². The van der Waals surface area contributed by atoms with Gasteiger partial charge in [0.25, 0.3) is 5.91 Å². The number of carbonyl (C=O) groups is 2. The van der Waals surface area contributed by atoms with Crippen LogP contribution in [0.1, 0.15) is 43.1 Å². The van der Waals surface area contributed by atoms with Crippen molar-refractivity contribution in [3.8, 4) is 0 Å². The smallest absolute Gasteiger partial charge is 0.410 e. The molecule has 13 heteroatoms. The van der Waals surface area contributed by atoms with E-state index in [-0.39, 0.29) is 37.4 Å². The summed E-state index contributed by atoms with van der Waals surface area (Å²) in [5.74, 6) is 0.489. The van der Waals surface area contributed by atoms with Gasteiger partial charge in [0.05, 0.1) is 35.1 Å². The topological polar surface area (TPSA) is 114 Å². The summed E-state index contributed by atoms with van der Waals surface area (Å²) in [5, 5.41) is 14.2. The number of likely N-dealkylation sites (tertiary alicyclic amines) is 1. The lowest BCUT2D eigenvalue weighted by Crippen LogP contribution is -2.50. The summed E-state index contributed by atoms with van der Waals surface area (Å²) < 4.78 is 5.59. The van der Waals surface area contributed by atoms with Crippen molar-refractivity contribution in [3.05, 3.63) is 63.8 Å². The Balaban J connectivity index is 1.17. The van der Waals surface area contributed by atoms with Crippen molar-refractivity contribution >= 4 is 64.0 Å². The number of para-hydroxylation sites is 1. The molecule has 2 aromatic carbocycles. The summed E-state index contributed by atoms with van der Waals surface area (Å²) in [4.78, 5) is 42.5. The molecule has 2 fully saturated rings. The average Bonchev–Trinajstić information content (AvgIpc) is 3.56. The van der Waals surface area contributed by atoms with Gasteiger partial charge in [0.2, 0.25) is 5.95 Å². The molecule has 226 valence electrons. The molecule has 43 heavy (non-hydrogen) atoms. The normalized spacial score (nSPS) is 19.7. The molecular weight excluding hydrogens is 593 g/mol. The van der Waals surface area contributed by atoms with Gasteiger partial charge in [-0.3, -0.25) is 9.69 Å². The van der Waals surface area contributed by atoms with Crippen LogP contribution in [0.4, 0.5) is 33.6 Å². The molecule has 3 aliphatic heterocycles. The monoisotopic (exact) mass is 625 g/mol. The fourth-order valence-corrected chi connectivity index (χ4v) is 6.59. The predicted octanol–water partition coefficient (Wildman–Crippen LogP) is 5.27. The van der Waals surface area contributed by atoms with Crippen LogP contribution in [-0.4, -0.2) is 76.5 Å². The molecule has 0 aliphatic carbocycles. The summed E-state index contributed by atoms with van der Waals surface area (Å²) in [7, 11) is 1.83. The van der Waals surface area contributed by atoms with Gasteiger partial charge in [-0.2, -0.15) is 4.98 Å². The molecule has 1 aromatic heterocycles. The molecule has 4 heterocycles. The molecule has 0 radical (unpaired) electrons. The third-order valence-corrected chi connectivity index (χ3v) is 8.46. The number of hydrogen-bond acceptors (Lipinski definition) is 9. The third-order valence-electron chi connectivity index (χ3n) is 7.85. The zero-order valence-corrected chi connectivity index (χ0v) is 25.9. The minimum atomic E-state index is -0.538. The second-order valence-electron chi connectivity index (χ2n) is 12.0. The summed E-state index contributed by atoms with van der Waals surface area (Å²) in [6, 6.07) is 11.1. The molecule has 0 unspecified atom stereocenters. The molecule has 2 saturated heterocycles. The molecule has 11 nitrogen and oxygen atoms in total. The van der Waals surface area contributed by atoms with Crippen molar-refractivity contribution in [1.82, 2.24) is 14.9 Å². The first kappa shape index (κ1) is 29.3. The van der Waals surface area contributed by atoms with Gasteiger partial charge in [-0.25, -0.2) is 9.78 Å². The summed E-state index contributed by atoms with van der Waals surface area (Å²) >= 11 is 12.7. The molecule has 2 amide bonds. The van der Waals surface area contributed by atoms with Crippen molar-refractivity contribution in [3.63, 3.8) is 0 Å². The number of fused-ring (bicyclic) bond motifs is 3. The number of piperazine rings is 1. The number of ether oxygens (including phenoxy) is 1. The van der Waals surface area contributed by atoms with Crippen LogP contribution < -0.4 is 20.0 Å². The Hall–Kier alpha value is -3.80. The Labute approximate surface area is 260 Å². The highest BCUT2D eigenvalue weighted by molar-refractivity contribution is 6.40. The van der Waals surface area contributed by atoms with Crippen LogP contribution in [0.3, 0.4) is 0 Å². The minimum Gasteiger partial charge on any atom is -0.444 e. The lowest BCUT2D eigenvalue weighted by atomic mass is 10.1. The number of nitrogens with one attached hydrogen (secondary N) is 1. The molecule has 0 spiro atoms. The highest BCUT2D eigenvalue weighted by Crippen LogP contribution is 2.39. The highest BCUT2D eigenvalue weighted by Gasteiger charge is 2.47. The van der Waals surface area contributed by atoms with Crippen molar-refractivity contribution < 1.29 is 19.4 Å². The van der Waals surface area contributed by atoms with Crippen LogP contribution in [0.5, 0.6) is 0 Å². The van der Waals surface area contributed by atoms with Crippen LogP contribution in [-0.2, 0) is 11.3 Å². The van der Waals surface area contributed by atoms with Crippen molar-refractivity contribution in [1.29, 1.82) is 0 Å². The molecular formula is C30H33Cl2N7O4. The maximum Gasteiger partial charge on any atom is 0.410 e. The number of aromatic nitrogens is 2. The van der Waals surface area contributed by atoms with Gasteiger partial charge in [-0.15, -0.1) is 0 Å². The first-order valence-electron chi connectivity index (χ1n) is 14.0. The first-order chi connectivity index (χ1) is 20.4. The Morgan fingerprint density at radius 3 is 2.53 bits per heavy atom. The maximum absolute atomic E-state index is 13.4. The van der Waals surface area contributed by atoms with E-state index < -0.39 is 5.60 Å². The number of aliphatic hydroxyl groups is 1.